The van der Waals surface area contributed by atoms with Crippen LogP contribution in [-0.2, 0) is 13.0 Å². The average Bonchev–Trinajstić information content (AvgIpc) is 3.32. The summed E-state index contributed by atoms with van der Waals surface area (Å²) in [6.07, 6.45) is 9.56. The fourth-order valence-corrected chi connectivity index (χ4v) is 5.49. The van der Waals surface area contributed by atoms with Crippen molar-refractivity contribution in [3.8, 4) is 6.07 Å². The number of carbonyl (C=O) groups is 1. The number of hydrogen-bond donors (Lipinski definition) is 2. The number of nitrogens with zero attached hydrogens (tertiary/aromatic N) is 2. The topological polar surface area (TPSA) is 71.9 Å². The summed E-state index contributed by atoms with van der Waals surface area (Å²) in [5.41, 5.74) is 4.90. The van der Waals surface area contributed by atoms with E-state index in [1.807, 2.05) is 42.6 Å². The van der Waals surface area contributed by atoms with Crippen LogP contribution in [0.1, 0.15) is 65.6 Å². The van der Waals surface area contributed by atoms with E-state index in [2.05, 4.69) is 27.3 Å². The quantitative estimate of drug-likeness (QED) is 0.608. The molecule has 5 heteroatoms. The number of rotatable bonds is 5. The van der Waals surface area contributed by atoms with Crippen molar-refractivity contribution in [2.75, 3.05) is 13.1 Å². The molecule has 164 valence electrons. The van der Waals surface area contributed by atoms with Crippen LogP contribution in [0.4, 0.5) is 0 Å². The van der Waals surface area contributed by atoms with Crippen LogP contribution in [0.2, 0.25) is 0 Å². The van der Waals surface area contributed by atoms with Gasteiger partial charge >= 0.3 is 0 Å². The number of nitrogens with one attached hydrogen (secondary N) is 2. The predicted molar refractivity (Wildman–Crippen MR) is 126 cm³/mol. The van der Waals surface area contributed by atoms with Crippen LogP contribution in [0.25, 0.3) is 10.9 Å². The van der Waals surface area contributed by atoms with Gasteiger partial charge in [-0.25, -0.2) is 0 Å². The third-order valence-electron chi connectivity index (χ3n) is 7.35. The molecule has 1 saturated carbocycles. The number of aromatic nitrogens is 1. The number of hydrogen-bond acceptors (Lipinski definition) is 3. The third-order valence-corrected chi connectivity index (χ3v) is 7.35. The Morgan fingerprint density at radius 3 is 2.84 bits per heavy atom. The number of para-hydroxylation sites is 1. The molecule has 2 N–H and O–H groups in total. The summed E-state index contributed by atoms with van der Waals surface area (Å²) in [5, 5.41) is 13.7. The first-order chi connectivity index (χ1) is 15.7. The van der Waals surface area contributed by atoms with E-state index in [0.717, 1.165) is 67.3 Å². The molecule has 1 amide bonds. The Morgan fingerprint density at radius 2 is 2.00 bits per heavy atom. The van der Waals surface area contributed by atoms with E-state index in [1.54, 1.807) is 0 Å². The van der Waals surface area contributed by atoms with Crippen LogP contribution in [0, 0.1) is 11.3 Å². The van der Waals surface area contributed by atoms with E-state index in [9.17, 15) is 4.79 Å². The van der Waals surface area contributed by atoms with Crippen molar-refractivity contribution < 1.29 is 4.79 Å². The molecule has 1 aliphatic heterocycles. The second kappa shape index (κ2) is 8.80. The minimum absolute atomic E-state index is 0.0352. The van der Waals surface area contributed by atoms with Crippen molar-refractivity contribution in [1.82, 2.24) is 15.2 Å². The molecule has 5 nitrogen and oxygen atoms in total. The van der Waals surface area contributed by atoms with Gasteiger partial charge in [-0.2, -0.15) is 5.26 Å². The fraction of sp³-hybridized carbons (Fsp3) is 0.407. The molecule has 0 saturated heterocycles. The van der Waals surface area contributed by atoms with Crippen LogP contribution in [0.3, 0.4) is 0 Å². The van der Waals surface area contributed by atoms with Crippen molar-refractivity contribution in [2.45, 2.75) is 57.0 Å². The normalized spacial score (nSPS) is 18.1. The Morgan fingerprint density at radius 1 is 1.12 bits per heavy atom. The Hall–Kier alpha value is -3.10. The molecule has 0 atom stereocenters. The van der Waals surface area contributed by atoms with Gasteiger partial charge in [-0.1, -0.05) is 37.5 Å². The van der Waals surface area contributed by atoms with E-state index >= 15 is 0 Å². The number of aromatic amines is 1. The number of amides is 1. The molecule has 0 bridgehead atoms. The largest absolute Gasteiger partial charge is 0.361 e. The molecule has 5 rings (SSSR count). The summed E-state index contributed by atoms with van der Waals surface area (Å²) in [6.45, 7) is 2.91. The zero-order chi connectivity index (χ0) is 22.0. The van der Waals surface area contributed by atoms with E-state index in [1.165, 1.54) is 30.4 Å². The second-order valence-electron chi connectivity index (χ2n) is 9.41. The highest BCUT2D eigenvalue weighted by molar-refractivity contribution is 6.05. The number of carbonyl (C=O) groups excluding carboxylic acids is 1. The number of fused-ring (bicyclic) bond motifs is 2. The maximum absolute atomic E-state index is 13.3. The van der Waals surface area contributed by atoms with Crippen LogP contribution >= 0.6 is 0 Å². The van der Waals surface area contributed by atoms with Crippen LogP contribution in [0.5, 0.6) is 0 Å². The molecular formula is C27H30N4O. The highest BCUT2D eigenvalue weighted by Crippen LogP contribution is 2.33. The fourth-order valence-electron chi connectivity index (χ4n) is 5.49. The molecule has 32 heavy (non-hydrogen) atoms. The Kier molecular flexibility index (Phi) is 5.71. The zero-order valence-corrected chi connectivity index (χ0v) is 18.5. The molecule has 1 fully saturated rings. The van der Waals surface area contributed by atoms with Crippen molar-refractivity contribution >= 4 is 16.8 Å². The summed E-state index contributed by atoms with van der Waals surface area (Å²) in [4.78, 5) is 19.1. The first kappa shape index (κ1) is 20.8. The molecule has 0 unspecified atom stereocenters. The lowest BCUT2D eigenvalue weighted by Crippen LogP contribution is -2.51. The molecular weight excluding hydrogens is 396 g/mol. The highest BCUT2D eigenvalue weighted by atomic mass is 16.1. The first-order valence-corrected chi connectivity index (χ1v) is 11.8. The van der Waals surface area contributed by atoms with Gasteiger partial charge in [0.15, 0.2) is 0 Å². The maximum Gasteiger partial charge on any atom is 0.253 e. The predicted octanol–water partition coefficient (Wildman–Crippen LogP) is 4.92. The Labute approximate surface area is 189 Å². The molecule has 1 aliphatic carbocycles. The number of H-pyrrole nitrogens is 1. The molecule has 3 aromatic rings. The molecule has 2 heterocycles. The Bertz CT molecular complexity index is 1170. The standard InChI is InChI=1S/C27H30N4O/c28-18-20-7-8-23-19-31(15-10-22(23)17-20)16-13-27(11-2-1-3-12-27)30-26(32)24-6-4-5-21-9-14-29-25(21)24/h4-9,14,17,29H,1-3,10-13,15-16,19H2,(H,30,32). The van der Waals surface area contributed by atoms with Gasteiger partial charge in [-0.3, -0.25) is 9.69 Å². The Balaban J connectivity index is 1.29. The third kappa shape index (κ3) is 4.16. The lowest BCUT2D eigenvalue weighted by Gasteiger charge is -2.40. The minimum Gasteiger partial charge on any atom is -0.361 e. The second-order valence-corrected chi connectivity index (χ2v) is 9.41. The van der Waals surface area contributed by atoms with Gasteiger partial charge in [0, 0.05) is 36.8 Å². The van der Waals surface area contributed by atoms with Crippen molar-refractivity contribution in [3.63, 3.8) is 0 Å². The highest BCUT2D eigenvalue weighted by Gasteiger charge is 2.34. The summed E-state index contributed by atoms with van der Waals surface area (Å²) < 4.78 is 0. The molecule has 2 aliphatic rings. The van der Waals surface area contributed by atoms with Crippen molar-refractivity contribution in [1.29, 1.82) is 5.26 Å². The monoisotopic (exact) mass is 426 g/mol. The zero-order valence-electron chi connectivity index (χ0n) is 18.5. The van der Waals surface area contributed by atoms with Crippen molar-refractivity contribution in [3.05, 3.63) is 70.9 Å². The van der Waals surface area contributed by atoms with Gasteiger partial charge in [-0.05, 0) is 61.1 Å². The summed E-state index contributed by atoms with van der Waals surface area (Å²) >= 11 is 0. The van der Waals surface area contributed by atoms with E-state index in [4.69, 9.17) is 5.26 Å². The SMILES string of the molecule is N#Cc1ccc2c(c1)CCN(CCC1(NC(=O)c3cccc4cc[nH]c34)CCCCC1)C2. The van der Waals surface area contributed by atoms with Gasteiger partial charge in [0.2, 0.25) is 0 Å². The smallest absolute Gasteiger partial charge is 0.253 e. The molecule has 1 aromatic heterocycles. The van der Waals surface area contributed by atoms with Gasteiger partial charge < -0.3 is 10.3 Å². The maximum atomic E-state index is 13.3. The van der Waals surface area contributed by atoms with Crippen LogP contribution < -0.4 is 5.32 Å². The first-order valence-electron chi connectivity index (χ1n) is 11.8. The lowest BCUT2D eigenvalue weighted by atomic mass is 9.78. The minimum atomic E-state index is -0.130. The summed E-state index contributed by atoms with van der Waals surface area (Å²) in [5.74, 6) is 0.0352. The van der Waals surface area contributed by atoms with Crippen LogP contribution in [0.15, 0.2) is 48.7 Å². The summed E-state index contributed by atoms with van der Waals surface area (Å²) in [7, 11) is 0. The lowest BCUT2D eigenvalue weighted by molar-refractivity contribution is 0.0842. The van der Waals surface area contributed by atoms with Gasteiger partial charge in [0.05, 0.1) is 22.7 Å². The number of benzene rings is 2. The van der Waals surface area contributed by atoms with E-state index < -0.39 is 0 Å². The van der Waals surface area contributed by atoms with E-state index in [-0.39, 0.29) is 11.4 Å². The molecule has 2 aromatic carbocycles. The molecule has 0 radical (unpaired) electrons. The molecule has 0 spiro atoms. The van der Waals surface area contributed by atoms with Gasteiger partial charge in [0.25, 0.3) is 5.91 Å². The van der Waals surface area contributed by atoms with Crippen molar-refractivity contribution in [2.24, 2.45) is 0 Å². The van der Waals surface area contributed by atoms with E-state index in [0.29, 0.717) is 0 Å². The van der Waals surface area contributed by atoms with Gasteiger partial charge in [-0.15, -0.1) is 0 Å². The van der Waals surface area contributed by atoms with Gasteiger partial charge in [0.1, 0.15) is 0 Å². The van der Waals surface area contributed by atoms with Crippen LogP contribution in [-0.4, -0.2) is 34.4 Å². The average molecular weight is 427 g/mol. The summed E-state index contributed by atoms with van der Waals surface area (Å²) in [6, 6.07) is 16.2. The number of nitriles is 1.